The van der Waals surface area contributed by atoms with Crippen LogP contribution in [0.2, 0.25) is 0 Å². The molecule has 138 valence electrons. The lowest BCUT2D eigenvalue weighted by Crippen LogP contribution is -2.19. The van der Waals surface area contributed by atoms with Gasteiger partial charge in [0.05, 0.1) is 0 Å². The van der Waals surface area contributed by atoms with Crippen LogP contribution in [0, 0.1) is 18.6 Å². The normalized spacial score (nSPS) is 15.8. The molecule has 0 saturated carbocycles. The van der Waals surface area contributed by atoms with E-state index in [2.05, 4.69) is 9.97 Å². The van der Waals surface area contributed by atoms with Crippen LogP contribution >= 0.6 is 11.8 Å². The van der Waals surface area contributed by atoms with Crippen molar-refractivity contribution in [1.29, 1.82) is 0 Å². The van der Waals surface area contributed by atoms with E-state index < -0.39 is 23.7 Å². The summed E-state index contributed by atoms with van der Waals surface area (Å²) in [4.78, 5) is 31.1. The zero-order valence-corrected chi connectivity index (χ0v) is 15.2. The number of benzene rings is 1. The number of rotatable bonds is 5. The number of aromatic nitrogens is 2. The maximum absolute atomic E-state index is 14.0. The largest absolute Gasteiger partial charge is 0.457 e. The fourth-order valence-electron chi connectivity index (χ4n) is 3.17. The molecule has 0 amide bonds. The van der Waals surface area contributed by atoms with Gasteiger partial charge in [0.2, 0.25) is 0 Å². The van der Waals surface area contributed by atoms with Crippen molar-refractivity contribution in [2.75, 3.05) is 6.26 Å². The first-order chi connectivity index (χ1) is 12.4. The van der Waals surface area contributed by atoms with Crippen molar-refractivity contribution in [3.8, 4) is 0 Å². The summed E-state index contributed by atoms with van der Waals surface area (Å²) >= 11 is 1.32. The Hall–Kier alpha value is -2.22. The Bertz CT molecular complexity index is 914. The second kappa shape index (κ2) is 7.57. The fourth-order valence-corrected chi connectivity index (χ4v) is 3.59. The summed E-state index contributed by atoms with van der Waals surface area (Å²) in [5.41, 5.74) is 1.09. The summed E-state index contributed by atoms with van der Waals surface area (Å²) in [6, 6.07) is 2.13. The molecule has 0 saturated heterocycles. The number of aryl methyl sites for hydroxylation is 1. The summed E-state index contributed by atoms with van der Waals surface area (Å²) in [5, 5.41) is 0.513. The monoisotopic (exact) mass is 380 g/mol. The second-order valence-corrected chi connectivity index (χ2v) is 6.87. The lowest BCUT2D eigenvalue weighted by Gasteiger charge is -2.14. The molecule has 1 aliphatic carbocycles. The van der Waals surface area contributed by atoms with E-state index >= 15 is 0 Å². The molecule has 0 unspecified atom stereocenters. The first-order valence-electron chi connectivity index (χ1n) is 8.20. The molecule has 1 atom stereocenters. The average Bonchev–Trinajstić information content (AvgIpc) is 3.02. The summed E-state index contributed by atoms with van der Waals surface area (Å²) in [7, 11) is 0. The van der Waals surface area contributed by atoms with Crippen molar-refractivity contribution in [1.82, 2.24) is 9.97 Å². The minimum absolute atomic E-state index is 0.0347. The minimum atomic E-state index is -0.787. The van der Waals surface area contributed by atoms with Gasteiger partial charge in [-0.3, -0.25) is 9.59 Å². The number of fused-ring (bicyclic) bond motifs is 1. The third kappa shape index (κ3) is 3.65. The molecule has 26 heavy (non-hydrogen) atoms. The highest BCUT2D eigenvalue weighted by atomic mass is 32.2. The van der Waals surface area contributed by atoms with Crippen LogP contribution in [0.5, 0.6) is 0 Å². The van der Waals surface area contributed by atoms with Gasteiger partial charge in [0.15, 0.2) is 5.16 Å². The quantitative estimate of drug-likeness (QED) is 0.490. The predicted octanol–water partition coefficient (Wildman–Crippen LogP) is 3.24. The zero-order chi connectivity index (χ0) is 18.8. The summed E-state index contributed by atoms with van der Waals surface area (Å²) in [5.74, 6) is -1.61. The van der Waals surface area contributed by atoms with E-state index in [0.29, 0.717) is 29.3 Å². The molecule has 5 nitrogen and oxygen atoms in total. The minimum Gasteiger partial charge on any atom is -0.457 e. The number of carbonyl (C=O) groups is 1. The Labute approximate surface area is 153 Å². The van der Waals surface area contributed by atoms with Gasteiger partial charge in [-0.05, 0) is 50.1 Å². The van der Waals surface area contributed by atoms with E-state index in [1.54, 1.807) is 13.2 Å². The Morgan fingerprint density at radius 1 is 1.38 bits per heavy atom. The number of hydrogen-bond acceptors (Lipinski definition) is 5. The van der Waals surface area contributed by atoms with E-state index in [1.807, 2.05) is 0 Å². The SMILES string of the molecule is CSc1nc(C)c(CCC(=O)O[C@H]2CCc3c(F)ccc(F)c32)c(=O)[nH]1. The average molecular weight is 380 g/mol. The van der Waals surface area contributed by atoms with Gasteiger partial charge >= 0.3 is 5.97 Å². The van der Waals surface area contributed by atoms with Gasteiger partial charge in [-0.15, -0.1) is 0 Å². The Morgan fingerprint density at radius 3 is 2.81 bits per heavy atom. The van der Waals surface area contributed by atoms with Crippen LogP contribution in [0.4, 0.5) is 8.78 Å². The molecule has 8 heteroatoms. The lowest BCUT2D eigenvalue weighted by molar-refractivity contribution is -0.149. The van der Waals surface area contributed by atoms with Crippen LogP contribution in [0.3, 0.4) is 0 Å². The van der Waals surface area contributed by atoms with Crippen LogP contribution in [0.15, 0.2) is 22.1 Å². The number of aromatic amines is 1. The van der Waals surface area contributed by atoms with Crippen LogP contribution in [0.1, 0.15) is 41.3 Å². The number of halogens is 2. The second-order valence-electron chi connectivity index (χ2n) is 6.08. The van der Waals surface area contributed by atoms with E-state index in [-0.39, 0.29) is 29.5 Å². The first-order valence-corrected chi connectivity index (χ1v) is 9.43. The summed E-state index contributed by atoms with van der Waals surface area (Å²) < 4.78 is 33.1. The van der Waals surface area contributed by atoms with E-state index in [9.17, 15) is 18.4 Å². The molecule has 1 heterocycles. The van der Waals surface area contributed by atoms with Crippen LogP contribution in [-0.2, 0) is 22.4 Å². The molecular weight excluding hydrogens is 362 g/mol. The predicted molar refractivity (Wildman–Crippen MR) is 93.2 cm³/mol. The molecule has 0 fully saturated rings. The highest BCUT2D eigenvalue weighted by molar-refractivity contribution is 7.98. The molecular formula is C18H18F2N2O3S. The zero-order valence-electron chi connectivity index (χ0n) is 14.4. The Balaban J connectivity index is 1.67. The number of nitrogens with one attached hydrogen (secondary N) is 1. The third-order valence-electron chi connectivity index (χ3n) is 4.47. The number of thioether (sulfide) groups is 1. The van der Waals surface area contributed by atoms with Crippen molar-refractivity contribution in [2.24, 2.45) is 0 Å². The molecule has 1 N–H and O–H groups in total. The third-order valence-corrected chi connectivity index (χ3v) is 5.05. The van der Waals surface area contributed by atoms with Gasteiger partial charge in [-0.2, -0.15) is 0 Å². The molecule has 0 aliphatic heterocycles. The van der Waals surface area contributed by atoms with Gasteiger partial charge in [0.1, 0.15) is 17.7 Å². The summed E-state index contributed by atoms with van der Waals surface area (Å²) in [6.45, 7) is 1.71. The highest BCUT2D eigenvalue weighted by Crippen LogP contribution is 2.37. The highest BCUT2D eigenvalue weighted by Gasteiger charge is 2.31. The summed E-state index contributed by atoms with van der Waals surface area (Å²) in [6.07, 6.45) is 1.83. The molecule has 0 radical (unpaired) electrons. The smallest absolute Gasteiger partial charge is 0.306 e. The molecule has 1 aromatic carbocycles. The van der Waals surface area contributed by atoms with E-state index in [1.165, 1.54) is 11.8 Å². The first kappa shape index (κ1) is 18.6. The number of nitrogens with zero attached hydrogens (tertiary/aromatic N) is 1. The van der Waals surface area contributed by atoms with Crippen molar-refractivity contribution in [2.45, 2.75) is 43.9 Å². The fraction of sp³-hybridized carbons (Fsp3) is 0.389. The van der Waals surface area contributed by atoms with Crippen molar-refractivity contribution < 1.29 is 18.3 Å². The Morgan fingerprint density at radius 2 is 2.12 bits per heavy atom. The van der Waals surface area contributed by atoms with Crippen molar-refractivity contribution in [3.05, 3.63) is 56.5 Å². The van der Waals surface area contributed by atoms with E-state index in [4.69, 9.17) is 4.74 Å². The standard InChI is InChI=1S/C18H18F2N2O3S/c1-9-10(17(24)22-18(21-9)26-2)4-8-15(23)25-14-7-3-11-12(19)5-6-13(20)16(11)14/h5-6,14H,3-4,7-8H2,1-2H3,(H,21,22,24)/t14-/m0/s1. The maximum atomic E-state index is 14.0. The molecule has 1 aromatic heterocycles. The maximum Gasteiger partial charge on any atom is 0.306 e. The van der Waals surface area contributed by atoms with Gasteiger partial charge < -0.3 is 9.72 Å². The molecule has 0 bridgehead atoms. The van der Waals surface area contributed by atoms with Gasteiger partial charge in [-0.1, -0.05) is 11.8 Å². The topological polar surface area (TPSA) is 72.0 Å². The number of H-pyrrole nitrogens is 1. The van der Waals surface area contributed by atoms with Gasteiger partial charge in [-0.25, -0.2) is 13.8 Å². The molecule has 3 rings (SSSR count). The van der Waals surface area contributed by atoms with Gasteiger partial charge in [0, 0.05) is 23.2 Å². The number of carbonyl (C=O) groups excluding carboxylic acids is 1. The number of hydrogen-bond donors (Lipinski definition) is 1. The van der Waals surface area contributed by atoms with Crippen LogP contribution < -0.4 is 5.56 Å². The Kier molecular flexibility index (Phi) is 5.41. The molecule has 0 spiro atoms. The number of esters is 1. The van der Waals surface area contributed by atoms with Crippen molar-refractivity contribution in [3.63, 3.8) is 0 Å². The van der Waals surface area contributed by atoms with Crippen LogP contribution in [0.25, 0.3) is 0 Å². The number of ether oxygens (including phenoxy) is 1. The molecule has 2 aromatic rings. The van der Waals surface area contributed by atoms with E-state index in [0.717, 1.165) is 12.1 Å². The van der Waals surface area contributed by atoms with Crippen molar-refractivity contribution >= 4 is 17.7 Å². The molecule has 1 aliphatic rings. The lowest BCUT2D eigenvalue weighted by atomic mass is 10.1. The van der Waals surface area contributed by atoms with Gasteiger partial charge in [0.25, 0.3) is 5.56 Å². The van der Waals surface area contributed by atoms with Crippen LogP contribution in [-0.4, -0.2) is 22.2 Å².